The summed E-state index contributed by atoms with van der Waals surface area (Å²) in [6.45, 7) is 1.65. The molecular weight excluding hydrogens is 134 g/mol. The number of cyclic esters (lactones) is 1. The molecule has 1 saturated heterocycles. The standard InChI is InChI=1S/C6H11NO3/c1-3-4(2-8)10-6(9)5(3)7/h3-5,8H,2,7H2,1H3/t3-,4-,5-/m1/s1. The summed E-state index contributed by atoms with van der Waals surface area (Å²) in [4.78, 5) is 10.7. The zero-order chi connectivity index (χ0) is 7.72. The Hall–Kier alpha value is -0.610. The average molecular weight is 145 g/mol. The number of nitrogens with two attached hydrogens (primary N) is 1. The third-order valence-electron chi connectivity index (χ3n) is 1.87. The molecule has 0 radical (unpaired) electrons. The summed E-state index contributed by atoms with van der Waals surface area (Å²) < 4.78 is 4.72. The van der Waals surface area contributed by atoms with Crippen molar-refractivity contribution in [2.45, 2.75) is 19.1 Å². The van der Waals surface area contributed by atoms with Crippen LogP contribution in [0.4, 0.5) is 0 Å². The lowest BCUT2D eigenvalue weighted by atomic mass is 10.0. The molecule has 0 aromatic rings. The largest absolute Gasteiger partial charge is 0.458 e. The Morgan fingerprint density at radius 2 is 2.40 bits per heavy atom. The van der Waals surface area contributed by atoms with Crippen molar-refractivity contribution in [1.29, 1.82) is 0 Å². The molecule has 4 heteroatoms. The summed E-state index contributed by atoms with van der Waals surface area (Å²) in [5.41, 5.74) is 5.40. The van der Waals surface area contributed by atoms with E-state index >= 15 is 0 Å². The molecule has 1 fully saturated rings. The van der Waals surface area contributed by atoms with E-state index in [1.54, 1.807) is 6.92 Å². The molecule has 10 heavy (non-hydrogen) atoms. The molecule has 0 spiro atoms. The van der Waals surface area contributed by atoms with Gasteiger partial charge >= 0.3 is 5.97 Å². The molecule has 3 atom stereocenters. The second-order valence-corrected chi connectivity index (χ2v) is 2.54. The van der Waals surface area contributed by atoms with E-state index in [-0.39, 0.29) is 12.5 Å². The number of esters is 1. The van der Waals surface area contributed by atoms with Gasteiger partial charge in [-0.15, -0.1) is 0 Å². The third kappa shape index (κ3) is 0.998. The summed E-state index contributed by atoms with van der Waals surface area (Å²) in [5.74, 6) is -0.482. The molecule has 0 aromatic carbocycles. The number of aliphatic hydroxyl groups excluding tert-OH is 1. The average Bonchev–Trinajstić information content (AvgIpc) is 2.17. The van der Waals surface area contributed by atoms with Crippen LogP contribution < -0.4 is 5.73 Å². The first-order valence-electron chi connectivity index (χ1n) is 3.23. The van der Waals surface area contributed by atoms with E-state index in [1.807, 2.05) is 0 Å². The highest BCUT2D eigenvalue weighted by atomic mass is 16.6. The van der Waals surface area contributed by atoms with Gasteiger partial charge in [-0.3, -0.25) is 4.79 Å². The van der Waals surface area contributed by atoms with Crippen molar-refractivity contribution in [3.8, 4) is 0 Å². The second-order valence-electron chi connectivity index (χ2n) is 2.54. The van der Waals surface area contributed by atoms with E-state index in [2.05, 4.69) is 0 Å². The quantitative estimate of drug-likeness (QED) is 0.458. The number of aliphatic hydroxyl groups is 1. The Balaban J connectivity index is 2.61. The number of ether oxygens (including phenoxy) is 1. The first-order chi connectivity index (χ1) is 4.66. The van der Waals surface area contributed by atoms with Crippen LogP contribution in [0.15, 0.2) is 0 Å². The van der Waals surface area contributed by atoms with Crippen LogP contribution >= 0.6 is 0 Å². The SMILES string of the molecule is C[C@@H]1[C@@H](CO)OC(=O)[C@@H]1N. The second kappa shape index (κ2) is 2.56. The van der Waals surface area contributed by atoms with Crippen LogP contribution in [-0.4, -0.2) is 29.8 Å². The fourth-order valence-electron chi connectivity index (χ4n) is 0.985. The van der Waals surface area contributed by atoms with Gasteiger partial charge in [0.15, 0.2) is 0 Å². The van der Waals surface area contributed by atoms with Gasteiger partial charge in [-0.2, -0.15) is 0 Å². The molecule has 0 saturated carbocycles. The Kier molecular flexibility index (Phi) is 1.92. The highest BCUT2D eigenvalue weighted by molar-refractivity contribution is 5.78. The van der Waals surface area contributed by atoms with E-state index in [1.165, 1.54) is 0 Å². The maximum atomic E-state index is 10.7. The number of hydrogen-bond acceptors (Lipinski definition) is 4. The van der Waals surface area contributed by atoms with Gasteiger partial charge in [-0.1, -0.05) is 6.92 Å². The van der Waals surface area contributed by atoms with E-state index in [4.69, 9.17) is 15.6 Å². The van der Waals surface area contributed by atoms with E-state index in [9.17, 15) is 4.79 Å². The summed E-state index contributed by atoms with van der Waals surface area (Å²) in [5, 5.41) is 8.64. The molecule has 1 aliphatic heterocycles. The Morgan fingerprint density at radius 3 is 2.60 bits per heavy atom. The van der Waals surface area contributed by atoms with Crippen molar-refractivity contribution < 1.29 is 14.6 Å². The van der Waals surface area contributed by atoms with Crippen LogP contribution in [-0.2, 0) is 9.53 Å². The maximum Gasteiger partial charge on any atom is 0.323 e. The van der Waals surface area contributed by atoms with Gasteiger partial charge in [-0.05, 0) is 0 Å². The molecule has 0 unspecified atom stereocenters. The van der Waals surface area contributed by atoms with Gasteiger partial charge in [-0.25, -0.2) is 0 Å². The molecule has 0 aromatic heterocycles. The number of hydrogen-bond donors (Lipinski definition) is 2. The summed E-state index contributed by atoms with van der Waals surface area (Å²) in [6.07, 6.45) is -0.400. The van der Waals surface area contributed by atoms with E-state index in [0.717, 1.165) is 0 Å². The third-order valence-corrected chi connectivity index (χ3v) is 1.87. The fraction of sp³-hybridized carbons (Fsp3) is 0.833. The molecule has 1 heterocycles. The molecule has 4 nitrogen and oxygen atoms in total. The van der Waals surface area contributed by atoms with Crippen molar-refractivity contribution in [1.82, 2.24) is 0 Å². The first kappa shape index (κ1) is 7.50. The molecule has 3 N–H and O–H groups in total. The van der Waals surface area contributed by atoms with Gasteiger partial charge in [0, 0.05) is 5.92 Å². The smallest absolute Gasteiger partial charge is 0.323 e. The Bertz CT molecular complexity index is 148. The van der Waals surface area contributed by atoms with Gasteiger partial charge < -0.3 is 15.6 Å². The molecular formula is C6H11NO3. The molecule has 0 amide bonds. The lowest BCUT2D eigenvalue weighted by molar-refractivity contribution is -0.143. The van der Waals surface area contributed by atoms with Crippen LogP contribution in [0.25, 0.3) is 0 Å². The number of carbonyl (C=O) groups excluding carboxylic acids is 1. The molecule has 1 aliphatic rings. The summed E-state index contributed by atoms with van der Waals surface area (Å²) in [7, 11) is 0. The maximum absolute atomic E-state index is 10.7. The van der Waals surface area contributed by atoms with Crippen molar-refractivity contribution in [3.05, 3.63) is 0 Å². The molecule has 1 rings (SSSR count). The highest BCUT2D eigenvalue weighted by Crippen LogP contribution is 2.19. The monoisotopic (exact) mass is 145 g/mol. The van der Waals surface area contributed by atoms with Crippen molar-refractivity contribution in [2.75, 3.05) is 6.61 Å². The van der Waals surface area contributed by atoms with Crippen molar-refractivity contribution in [3.63, 3.8) is 0 Å². The predicted molar refractivity (Wildman–Crippen MR) is 34.1 cm³/mol. The molecule has 0 bridgehead atoms. The Labute approximate surface area is 59.0 Å². The van der Waals surface area contributed by atoms with Gasteiger partial charge in [0.25, 0.3) is 0 Å². The van der Waals surface area contributed by atoms with E-state index < -0.39 is 18.1 Å². The fourth-order valence-corrected chi connectivity index (χ4v) is 0.985. The van der Waals surface area contributed by atoms with Crippen LogP contribution in [0.5, 0.6) is 0 Å². The van der Waals surface area contributed by atoms with Crippen molar-refractivity contribution >= 4 is 5.97 Å². The van der Waals surface area contributed by atoms with Crippen LogP contribution in [0.3, 0.4) is 0 Å². The molecule has 58 valence electrons. The minimum atomic E-state index is -0.558. The lowest BCUT2D eigenvalue weighted by Crippen LogP contribution is -2.32. The zero-order valence-electron chi connectivity index (χ0n) is 5.78. The topological polar surface area (TPSA) is 72.5 Å². The zero-order valence-corrected chi connectivity index (χ0v) is 5.78. The van der Waals surface area contributed by atoms with Gasteiger partial charge in [0.1, 0.15) is 12.1 Å². The predicted octanol–water partition coefficient (Wildman–Crippen LogP) is -1.13. The first-order valence-corrected chi connectivity index (χ1v) is 3.23. The highest BCUT2D eigenvalue weighted by Gasteiger charge is 2.38. The minimum absolute atomic E-state index is 0.0718. The van der Waals surface area contributed by atoms with E-state index in [0.29, 0.717) is 0 Å². The minimum Gasteiger partial charge on any atom is -0.458 e. The van der Waals surface area contributed by atoms with Gasteiger partial charge in [0.2, 0.25) is 0 Å². The number of carbonyl (C=O) groups is 1. The lowest BCUT2D eigenvalue weighted by Gasteiger charge is -2.09. The van der Waals surface area contributed by atoms with Gasteiger partial charge in [0.05, 0.1) is 6.61 Å². The Morgan fingerprint density at radius 1 is 1.80 bits per heavy atom. The summed E-state index contributed by atoms with van der Waals surface area (Å²) >= 11 is 0. The number of rotatable bonds is 1. The molecule has 0 aliphatic carbocycles. The van der Waals surface area contributed by atoms with Crippen LogP contribution in [0.2, 0.25) is 0 Å². The van der Waals surface area contributed by atoms with Crippen LogP contribution in [0.1, 0.15) is 6.92 Å². The van der Waals surface area contributed by atoms with Crippen LogP contribution in [0, 0.1) is 5.92 Å². The van der Waals surface area contributed by atoms with Crippen molar-refractivity contribution in [2.24, 2.45) is 11.7 Å². The normalized spacial score (nSPS) is 39.9. The summed E-state index contributed by atoms with van der Waals surface area (Å²) in [6, 6.07) is -0.558.